The van der Waals surface area contributed by atoms with E-state index in [-0.39, 0.29) is 0 Å². The van der Waals surface area contributed by atoms with Crippen LogP contribution in [0.3, 0.4) is 0 Å². The van der Waals surface area contributed by atoms with Gasteiger partial charge in [-0.2, -0.15) is 0 Å². The summed E-state index contributed by atoms with van der Waals surface area (Å²) in [6.07, 6.45) is 11.7. The number of likely N-dealkylation sites (tertiary alicyclic amines) is 1. The second-order valence-electron chi connectivity index (χ2n) is 8.24. The quantitative estimate of drug-likeness (QED) is 0.590. The Morgan fingerprint density at radius 2 is 1.78 bits per heavy atom. The molecule has 0 atom stereocenters. The van der Waals surface area contributed by atoms with Crippen LogP contribution in [-0.4, -0.2) is 54.8 Å². The molecule has 2 aliphatic rings. The number of nitrogens with one attached hydrogen (secondary N) is 2. The largest absolute Gasteiger partial charge is 0.361 e. The molecule has 1 saturated heterocycles. The Labute approximate surface area is 164 Å². The zero-order valence-electron chi connectivity index (χ0n) is 17.4. The molecule has 3 rings (SSSR count). The van der Waals surface area contributed by atoms with E-state index in [0.717, 1.165) is 36.9 Å². The summed E-state index contributed by atoms with van der Waals surface area (Å²) in [5, 5.41) is 11.2. The molecule has 6 heteroatoms. The topological polar surface area (TPSA) is 65.7 Å². The van der Waals surface area contributed by atoms with E-state index in [1.165, 1.54) is 70.0 Å². The highest BCUT2D eigenvalue weighted by Crippen LogP contribution is 2.35. The first-order valence-corrected chi connectivity index (χ1v) is 10.8. The van der Waals surface area contributed by atoms with E-state index in [1.807, 2.05) is 20.9 Å². The number of guanidine groups is 1. The fraction of sp³-hybridized carbons (Fsp3) is 0.810. The molecular formula is C21H37N5O. The van der Waals surface area contributed by atoms with Crippen LogP contribution in [0.1, 0.15) is 68.4 Å². The summed E-state index contributed by atoms with van der Waals surface area (Å²) in [4.78, 5) is 7.23. The third-order valence-corrected chi connectivity index (χ3v) is 6.47. The van der Waals surface area contributed by atoms with Gasteiger partial charge in [0.25, 0.3) is 0 Å². The number of nitrogens with zero attached hydrogens (tertiary/aromatic N) is 3. The minimum Gasteiger partial charge on any atom is -0.361 e. The number of hydrogen-bond acceptors (Lipinski definition) is 4. The molecule has 1 aliphatic carbocycles. The molecule has 0 spiro atoms. The van der Waals surface area contributed by atoms with E-state index < -0.39 is 0 Å². The average molecular weight is 376 g/mol. The van der Waals surface area contributed by atoms with Crippen LogP contribution in [0.4, 0.5) is 0 Å². The third kappa shape index (κ3) is 5.03. The molecule has 0 aromatic carbocycles. The number of piperidine rings is 1. The summed E-state index contributed by atoms with van der Waals surface area (Å²) >= 11 is 0. The van der Waals surface area contributed by atoms with Gasteiger partial charge in [0.2, 0.25) is 0 Å². The van der Waals surface area contributed by atoms with Gasteiger partial charge < -0.3 is 15.2 Å². The standard InChI is InChI=1S/C21H37N5O/c1-17-19(18(2)27-25-17)10-13-23-20(22-3)24-16-21(11-6-4-7-12-21)26-14-8-5-9-15-26/h4-16H2,1-3H3,(H2,22,23,24). The van der Waals surface area contributed by atoms with Crippen molar-refractivity contribution in [3.05, 3.63) is 17.0 Å². The fourth-order valence-electron chi connectivity index (χ4n) is 4.82. The minimum absolute atomic E-state index is 0.317. The van der Waals surface area contributed by atoms with Crippen LogP contribution >= 0.6 is 0 Å². The van der Waals surface area contributed by atoms with Crippen LogP contribution in [-0.2, 0) is 6.42 Å². The van der Waals surface area contributed by atoms with E-state index >= 15 is 0 Å². The van der Waals surface area contributed by atoms with Gasteiger partial charge in [-0.25, -0.2) is 0 Å². The second kappa shape index (κ2) is 9.58. The van der Waals surface area contributed by atoms with Crippen molar-refractivity contribution in [3.8, 4) is 0 Å². The van der Waals surface area contributed by atoms with Gasteiger partial charge in [0.05, 0.1) is 5.69 Å². The molecule has 27 heavy (non-hydrogen) atoms. The highest BCUT2D eigenvalue weighted by Gasteiger charge is 2.38. The fourth-order valence-corrected chi connectivity index (χ4v) is 4.82. The van der Waals surface area contributed by atoms with Crippen LogP contribution in [0, 0.1) is 13.8 Å². The van der Waals surface area contributed by atoms with Gasteiger partial charge in [-0.15, -0.1) is 0 Å². The Bertz CT molecular complexity index is 593. The molecule has 2 N–H and O–H groups in total. The summed E-state index contributed by atoms with van der Waals surface area (Å²) in [5.41, 5.74) is 2.51. The van der Waals surface area contributed by atoms with Gasteiger partial charge >= 0.3 is 0 Å². The maximum absolute atomic E-state index is 5.26. The van der Waals surface area contributed by atoms with E-state index in [4.69, 9.17) is 4.52 Å². The monoisotopic (exact) mass is 375 g/mol. The van der Waals surface area contributed by atoms with E-state index in [9.17, 15) is 0 Å². The first-order chi connectivity index (χ1) is 13.1. The lowest BCUT2D eigenvalue weighted by Crippen LogP contribution is -2.59. The van der Waals surface area contributed by atoms with Crippen LogP contribution in [0.5, 0.6) is 0 Å². The first kappa shape index (κ1) is 20.2. The molecule has 1 aromatic heterocycles. The lowest BCUT2D eigenvalue weighted by Gasteiger charge is -2.48. The molecule has 6 nitrogen and oxygen atoms in total. The number of aryl methyl sites for hydroxylation is 2. The van der Waals surface area contributed by atoms with Crippen LogP contribution < -0.4 is 10.6 Å². The highest BCUT2D eigenvalue weighted by atomic mass is 16.5. The predicted molar refractivity (Wildman–Crippen MR) is 110 cm³/mol. The van der Waals surface area contributed by atoms with Crippen molar-refractivity contribution in [1.82, 2.24) is 20.7 Å². The molecule has 0 amide bonds. The smallest absolute Gasteiger partial charge is 0.191 e. The average Bonchev–Trinajstić information content (AvgIpc) is 3.04. The Morgan fingerprint density at radius 3 is 2.41 bits per heavy atom. The third-order valence-electron chi connectivity index (χ3n) is 6.47. The SMILES string of the molecule is CN=C(NCCc1c(C)noc1C)NCC1(N2CCCCC2)CCCCC1. The highest BCUT2D eigenvalue weighted by molar-refractivity contribution is 5.79. The van der Waals surface area contributed by atoms with Crippen molar-refractivity contribution in [1.29, 1.82) is 0 Å². The zero-order valence-corrected chi connectivity index (χ0v) is 17.4. The molecule has 2 fully saturated rings. The Kier molecular flexibility index (Phi) is 7.16. The molecule has 0 unspecified atom stereocenters. The van der Waals surface area contributed by atoms with Gasteiger partial charge in [-0.05, 0) is 59.0 Å². The molecule has 1 aliphatic heterocycles. The summed E-state index contributed by atoms with van der Waals surface area (Å²) < 4.78 is 5.26. The normalized spacial score (nSPS) is 21.2. The van der Waals surface area contributed by atoms with Gasteiger partial charge in [0, 0.05) is 31.2 Å². The Hall–Kier alpha value is -1.56. The zero-order chi connectivity index (χ0) is 19.1. The van der Waals surface area contributed by atoms with Crippen molar-refractivity contribution >= 4 is 5.96 Å². The number of hydrogen-bond donors (Lipinski definition) is 2. The lowest BCUT2D eigenvalue weighted by molar-refractivity contribution is 0.0368. The van der Waals surface area contributed by atoms with Crippen LogP contribution in [0.25, 0.3) is 0 Å². The molecule has 1 aromatic rings. The van der Waals surface area contributed by atoms with E-state index in [2.05, 4.69) is 25.7 Å². The maximum atomic E-state index is 5.26. The molecule has 152 valence electrons. The molecule has 0 bridgehead atoms. The van der Waals surface area contributed by atoms with Gasteiger partial charge in [0.1, 0.15) is 5.76 Å². The molecule has 1 saturated carbocycles. The summed E-state index contributed by atoms with van der Waals surface area (Å²) in [7, 11) is 1.86. The maximum Gasteiger partial charge on any atom is 0.191 e. The predicted octanol–water partition coefficient (Wildman–Crippen LogP) is 3.19. The second-order valence-corrected chi connectivity index (χ2v) is 8.24. The van der Waals surface area contributed by atoms with Crippen molar-refractivity contribution < 1.29 is 4.52 Å². The summed E-state index contributed by atoms with van der Waals surface area (Å²) in [6, 6.07) is 0. The van der Waals surface area contributed by atoms with Crippen LogP contribution in [0.15, 0.2) is 9.52 Å². The molecule has 2 heterocycles. The van der Waals surface area contributed by atoms with Crippen LogP contribution in [0.2, 0.25) is 0 Å². The molecular weight excluding hydrogens is 338 g/mol. The summed E-state index contributed by atoms with van der Waals surface area (Å²) in [5.74, 6) is 1.83. The van der Waals surface area contributed by atoms with Gasteiger partial charge in [-0.1, -0.05) is 30.8 Å². The van der Waals surface area contributed by atoms with Gasteiger partial charge in [-0.3, -0.25) is 9.89 Å². The van der Waals surface area contributed by atoms with Gasteiger partial charge in [0.15, 0.2) is 5.96 Å². The van der Waals surface area contributed by atoms with Crippen molar-refractivity contribution in [2.24, 2.45) is 4.99 Å². The summed E-state index contributed by atoms with van der Waals surface area (Å²) in [6.45, 7) is 8.34. The minimum atomic E-state index is 0.317. The Morgan fingerprint density at radius 1 is 1.07 bits per heavy atom. The van der Waals surface area contributed by atoms with E-state index in [1.54, 1.807) is 0 Å². The number of aliphatic imine (C=N–C) groups is 1. The Balaban J connectivity index is 1.53. The van der Waals surface area contributed by atoms with Crippen molar-refractivity contribution in [2.75, 3.05) is 33.2 Å². The number of aromatic nitrogens is 1. The molecule has 0 radical (unpaired) electrons. The van der Waals surface area contributed by atoms with E-state index in [0.29, 0.717) is 5.54 Å². The van der Waals surface area contributed by atoms with Crippen molar-refractivity contribution in [2.45, 2.75) is 77.2 Å². The number of rotatable bonds is 6. The van der Waals surface area contributed by atoms with Crippen molar-refractivity contribution in [3.63, 3.8) is 0 Å². The lowest BCUT2D eigenvalue weighted by atomic mass is 9.79. The first-order valence-electron chi connectivity index (χ1n) is 10.8.